The van der Waals surface area contributed by atoms with Crippen LogP contribution in [0.15, 0.2) is 39.9 Å². The van der Waals surface area contributed by atoms with Gasteiger partial charge in [-0.05, 0) is 30.3 Å². The standard InChI is InChI=1S/C15H15FN2O4S2/c16-12-1-3-13(4-2-12)17-5-7-18(8-6-17)24(21,22)14-9-11(10-23-14)15(19)20/h1-4,9-10H,5-8H2,(H,19,20). The number of anilines is 1. The lowest BCUT2D eigenvalue weighted by Gasteiger charge is -2.35. The normalized spacial score (nSPS) is 16.3. The maximum Gasteiger partial charge on any atom is 0.336 e. The number of carboxylic acids is 1. The summed E-state index contributed by atoms with van der Waals surface area (Å²) >= 11 is 0.912. The number of aromatic carboxylic acids is 1. The zero-order valence-corrected chi connectivity index (χ0v) is 14.2. The smallest absolute Gasteiger partial charge is 0.336 e. The number of sulfonamides is 1. The zero-order valence-electron chi connectivity index (χ0n) is 12.6. The highest BCUT2D eigenvalue weighted by Crippen LogP contribution is 2.26. The van der Waals surface area contributed by atoms with E-state index in [1.807, 2.05) is 4.90 Å². The molecule has 0 bridgehead atoms. The molecule has 1 aliphatic rings. The van der Waals surface area contributed by atoms with E-state index in [2.05, 4.69) is 0 Å². The van der Waals surface area contributed by atoms with Gasteiger partial charge in [-0.3, -0.25) is 0 Å². The molecule has 1 saturated heterocycles. The summed E-state index contributed by atoms with van der Waals surface area (Å²) in [6, 6.07) is 7.26. The van der Waals surface area contributed by atoms with Crippen LogP contribution >= 0.6 is 11.3 Å². The molecule has 1 aromatic carbocycles. The van der Waals surface area contributed by atoms with E-state index in [4.69, 9.17) is 5.11 Å². The predicted molar refractivity (Wildman–Crippen MR) is 88.7 cm³/mol. The van der Waals surface area contributed by atoms with E-state index in [0.29, 0.717) is 26.2 Å². The van der Waals surface area contributed by atoms with Crippen molar-refractivity contribution in [3.8, 4) is 0 Å². The van der Waals surface area contributed by atoms with Gasteiger partial charge in [0.1, 0.15) is 10.0 Å². The third-order valence-electron chi connectivity index (χ3n) is 3.85. The van der Waals surface area contributed by atoms with Crippen molar-refractivity contribution in [3.05, 3.63) is 47.1 Å². The fraction of sp³-hybridized carbons (Fsp3) is 0.267. The quantitative estimate of drug-likeness (QED) is 0.892. The number of halogens is 1. The molecule has 9 heteroatoms. The summed E-state index contributed by atoms with van der Waals surface area (Å²) in [5.41, 5.74) is 0.821. The summed E-state index contributed by atoms with van der Waals surface area (Å²) < 4.78 is 39.5. The molecule has 0 unspecified atom stereocenters. The van der Waals surface area contributed by atoms with Gasteiger partial charge in [0.05, 0.1) is 5.56 Å². The Balaban J connectivity index is 1.71. The average molecular weight is 370 g/mol. The van der Waals surface area contributed by atoms with Gasteiger partial charge in [-0.15, -0.1) is 11.3 Å². The number of nitrogens with zero attached hydrogens (tertiary/aromatic N) is 2. The summed E-state index contributed by atoms with van der Waals surface area (Å²) in [6.45, 7) is 1.56. The van der Waals surface area contributed by atoms with E-state index in [1.54, 1.807) is 12.1 Å². The summed E-state index contributed by atoms with van der Waals surface area (Å²) in [4.78, 5) is 12.9. The van der Waals surface area contributed by atoms with Crippen LogP contribution in [0.2, 0.25) is 0 Å². The van der Waals surface area contributed by atoms with Crippen LogP contribution in [-0.2, 0) is 10.0 Å². The van der Waals surface area contributed by atoms with Crippen molar-refractivity contribution in [1.29, 1.82) is 0 Å². The Hall–Kier alpha value is -1.97. The molecule has 0 aliphatic carbocycles. The lowest BCUT2D eigenvalue weighted by Crippen LogP contribution is -2.48. The Morgan fingerprint density at radius 1 is 1.12 bits per heavy atom. The van der Waals surface area contributed by atoms with Gasteiger partial charge in [-0.1, -0.05) is 0 Å². The first-order valence-corrected chi connectivity index (χ1v) is 9.52. The molecule has 0 spiro atoms. The Morgan fingerprint density at radius 2 is 1.75 bits per heavy atom. The van der Waals surface area contributed by atoms with E-state index in [0.717, 1.165) is 17.0 Å². The molecular weight excluding hydrogens is 355 g/mol. The average Bonchev–Trinajstić information content (AvgIpc) is 3.07. The van der Waals surface area contributed by atoms with Crippen molar-refractivity contribution >= 4 is 33.0 Å². The third-order valence-corrected chi connectivity index (χ3v) is 7.16. The first-order chi connectivity index (χ1) is 11.4. The molecule has 1 fully saturated rings. The second-order valence-electron chi connectivity index (χ2n) is 5.33. The predicted octanol–water partition coefficient (Wildman–Crippen LogP) is 2.10. The van der Waals surface area contributed by atoms with Crippen LogP contribution in [0.1, 0.15) is 10.4 Å². The molecule has 3 rings (SSSR count). The largest absolute Gasteiger partial charge is 0.478 e. The van der Waals surface area contributed by atoms with Crippen LogP contribution < -0.4 is 4.90 Å². The second kappa shape index (κ2) is 6.50. The number of benzene rings is 1. The number of carboxylic acid groups (broad SMARTS) is 1. The van der Waals surface area contributed by atoms with Gasteiger partial charge in [0.25, 0.3) is 10.0 Å². The van der Waals surface area contributed by atoms with E-state index in [9.17, 15) is 17.6 Å². The van der Waals surface area contributed by atoms with E-state index >= 15 is 0 Å². The molecule has 0 radical (unpaired) electrons. The van der Waals surface area contributed by atoms with Crippen LogP contribution in [0.4, 0.5) is 10.1 Å². The first-order valence-electron chi connectivity index (χ1n) is 7.20. The molecule has 1 N–H and O–H groups in total. The van der Waals surface area contributed by atoms with Crippen molar-refractivity contribution in [2.24, 2.45) is 0 Å². The SMILES string of the molecule is O=C(O)c1csc(S(=O)(=O)N2CCN(c3ccc(F)cc3)CC2)c1. The van der Waals surface area contributed by atoms with Crippen molar-refractivity contribution < 1.29 is 22.7 Å². The molecule has 1 aliphatic heterocycles. The lowest BCUT2D eigenvalue weighted by atomic mass is 10.2. The zero-order chi connectivity index (χ0) is 17.3. The molecule has 0 saturated carbocycles. The number of piperazine rings is 1. The Bertz CT molecular complexity index is 841. The maximum atomic E-state index is 13.0. The van der Waals surface area contributed by atoms with Crippen molar-refractivity contribution in [3.63, 3.8) is 0 Å². The van der Waals surface area contributed by atoms with Gasteiger partial charge in [0.15, 0.2) is 0 Å². The minimum Gasteiger partial charge on any atom is -0.478 e. The fourth-order valence-corrected chi connectivity index (χ4v) is 5.26. The van der Waals surface area contributed by atoms with Gasteiger partial charge >= 0.3 is 5.97 Å². The Labute approximate surface area is 142 Å². The van der Waals surface area contributed by atoms with Gasteiger partial charge in [0.2, 0.25) is 0 Å². The van der Waals surface area contributed by atoms with Crippen molar-refractivity contribution in [2.45, 2.75) is 4.21 Å². The van der Waals surface area contributed by atoms with Crippen molar-refractivity contribution in [1.82, 2.24) is 4.31 Å². The monoisotopic (exact) mass is 370 g/mol. The number of thiophene rings is 1. The van der Waals surface area contributed by atoms with Gasteiger partial charge < -0.3 is 10.0 Å². The molecule has 2 heterocycles. The van der Waals surface area contributed by atoms with Crippen LogP contribution in [0.25, 0.3) is 0 Å². The minimum atomic E-state index is -3.69. The van der Waals surface area contributed by atoms with Gasteiger partial charge in [-0.2, -0.15) is 4.31 Å². The molecular formula is C15H15FN2O4S2. The molecule has 0 amide bonds. The first kappa shape index (κ1) is 16.9. The summed E-state index contributed by atoms with van der Waals surface area (Å²) in [7, 11) is -3.69. The molecule has 128 valence electrons. The minimum absolute atomic E-state index is 0.0245. The van der Waals surface area contributed by atoms with Crippen LogP contribution in [-0.4, -0.2) is 50.0 Å². The highest BCUT2D eigenvalue weighted by atomic mass is 32.2. The maximum absolute atomic E-state index is 13.0. The summed E-state index contributed by atoms with van der Waals surface area (Å²) in [5, 5.41) is 10.2. The van der Waals surface area contributed by atoms with E-state index in [-0.39, 0.29) is 15.6 Å². The van der Waals surface area contributed by atoms with Crippen molar-refractivity contribution in [2.75, 3.05) is 31.1 Å². The number of carbonyl (C=O) groups is 1. The highest BCUT2D eigenvalue weighted by molar-refractivity contribution is 7.91. The summed E-state index contributed by atoms with van der Waals surface area (Å²) in [6.07, 6.45) is 0. The third kappa shape index (κ3) is 3.28. The molecule has 6 nitrogen and oxygen atoms in total. The molecule has 24 heavy (non-hydrogen) atoms. The lowest BCUT2D eigenvalue weighted by molar-refractivity contribution is 0.0697. The van der Waals surface area contributed by atoms with Crippen LogP contribution in [0.5, 0.6) is 0 Å². The van der Waals surface area contributed by atoms with Crippen LogP contribution in [0.3, 0.4) is 0 Å². The highest BCUT2D eigenvalue weighted by Gasteiger charge is 2.30. The Morgan fingerprint density at radius 3 is 2.29 bits per heavy atom. The van der Waals surface area contributed by atoms with E-state index < -0.39 is 16.0 Å². The van der Waals surface area contributed by atoms with E-state index in [1.165, 1.54) is 27.9 Å². The fourth-order valence-electron chi connectivity index (χ4n) is 2.53. The second-order valence-corrected chi connectivity index (χ2v) is 8.40. The topological polar surface area (TPSA) is 77.9 Å². The number of hydrogen-bond acceptors (Lipinski definition) is 5. The van der Waals surface area contributed by atoms with Gasteiger partial charge in [-0.25, -0.2) is 17.6 Å². The molecule has 0 atom stereocenters. The number of hydrogen-bond donors (Lipinski definition) is 1. The van der Waals surface area contributed by atoms with Crippen LogP contribution in [0, 0.1) is 5.82 Å². The molecule has 2 aromatic rings. The Kier molecular flexibility index (Phi) is 4.57. The number of rotatable bonds is 4. The van der Waals surface area contributed by atoms with Gasteiger partial charge in [0, 0.05) is 37.2 Å². The molecule has 1 aromatic heterocycles. The summed E-state index contributed by atoms with van der Waals surface area (Å²) in [5.74, 6) is -1.46.